The molecule has 0 spiro atoms. The maximum Gasteiger partial charge on any atom is 0.329 e. The fourth-order valence-electron chi connectivity index (χ4n) is 2.19. The van der Waals surface area contributed by atoms with E-state index in [2.05, 4.69) is 15.8 Å². The molecule has 29 heavy (non-hydrogen) atoms. The van der Waals surface area contributed by atoms with Crippen LogP contribution in [0.25, 0.3) is 11.3 Å². The Bertz CT molecular complexity index is 1110. The van der Waals surface area contributed by atoms with Crippen molar-refractivity contribution in [1.82, 2.24) is 5.43 Å². The average molecular weight is 471 g/mol. The van der Waals surface area contributed by atoms with Crippen LogP contribution in [0.4, 0.5) is 5.69 Å². The molecule has 3 aromatic rings. The van der Waals surface area contributed by atoms with Gasteiger partial charge in [0.25, 0.3) is 0 Å². The van der Waals surface area contributed by atoms with Crippen molar-refractivity contribution in [3.63, 3.8) is 0 Å². The Hall–Kier alpha value is -2.51. The molecule has 0 radical (unpaired) electrons. The normalized spacial score (nSPS) is 10.9. The molecule has 1 heterocycles. The van der Waals surface area contributed by atoms with Crippen LogP contribution in [0, 0.1) is 0 Å². The minimum Gasteiger partial charge on any atom is -0.455 e. The average Bonchev–Trinajstić information content (AvgIpc) is 3.15. The summed E-state index contributed by atoms with van der Waals surface area (Å²) in [6.45, 7) is 0. The van der Waals surface area contributed by atoms with Gasteiger partial charge in [-0.2, -0.15) is 5.10 Å². The summed E-state index contributed by atoms with van der Waals surface area (Å²) in [5, 5.41) is 7.49. The molecular formula is C19H11Cl4N3O3. The summed E-state index contributed by atoms with van der Waals surface area (Å²) in [6, 6.07) is 12.9. The highest BCUT2D eigenvalue weighted by atomic mass is 35.5. The lowest BCUT2D eigenvalue weighted by atomic mass is 10.2. The number of nitrogens with one attached hydrogen (secondary N) is 2. The maximum atomic E-state index is 11.9. The third-order valence-corrected chi connectivity index (χ3v) is 5.05. The monoisotopic (exact) mass is 469 g/mol. The van der Waals surface area contributed by atoms with E-state index in [0.29, 0.717) is 32.3 Å². The molecule has 0 saturated heterocycles. The Morgan fingerprint density at radius 1 is 0.828 bits per heavy atom. The van der Waals surface area contributed by atoms with Gasteiger partial charge in [-0.25, -0.2) is 5.43 Å². The second kappa shape index (κ2) is 9.33. The van der Waals surface area contributed by atoms with E-state index in [0.717, 1.165) is 5.56 Å². The number of carbonyl (C=O) groups excluding carboxylic acids is 2. The number of rotatable bonds is 4. The number of nitrogens with zero attached hydrogens (tertiary/aromatic N) is 1. The number of benzene rings is 2. The largest absolute Gasteiger partial charge is 0.455 e. The fraction of sp³-hybridized carbons (Fsp3) is 0. The van der Waals surface area contributed by atoms with Gasteiger partial charge in [0.2, 0.25) is 0 Å². The molecule has 0 aliphatic carbocycles. The fourth-order valence-corrected chi connectivity index (χ4v) is 2.79. The van der Waals surface area contributed by atoms with Gasteiger partial charge in [-0.15, -0.1) is 0 Å². The van der Waals surface area contributed by atoms with Crippen molar-refractivity contribution in [2.24, 2.45) is 5.10 Å². The van der Waals surface area contributed by atoms with Gasteiger partial charge in [-0.1, -0.05) is 46.4 Å². The summed E-state index contributed by atoms with van der Waals surface area (Å²) in [6.07, 6.45) is 1.26. The predicted molar refractivity (Wildman–Crippen MR) is 115 cm³/mol. The number of hydrazone groups is 1. The molecule has 1 aromatic heterocycles. The van der Waals surface area contributed by atoms with Crippen LogP contribution in [0.1, 0.15) is 5.76 Å². The summed E-state index contributed by atoms with van der Waals surface area (Å²) in [7, 11) is 0. The van der Waals surface area contributed by atoms with Crippen molar-refractivity contribution in [1.29, 1.82) is 0 Å². The number of carbonyl (C=O) groups is 2. The first-order chi connectivity index (χ1) is 13.8. The number of halogens is 4. The molecule has 0 aliphatic rings. The van der Waals surface area contributed by atoms with E-state index in [1.807, 2.05) is 0 Å². The first-order valence-electron chi connectivity index (χ1n) is 7.98. The van der Waals surface area contributed by atoms with Gasteiger partial charge in [0.05, 0.1) is 26.3 Å². The molecule has 3 rings (SSSR count). The first kappa shape index (κ1) is 21.2. The number of amides is 2. The zero-order chi connectivity index (χ0) is 21.0. The molecule has 6 nitrogen and oxygen atoms in total. The molecule has 0 atom stereocenters. The molecule has 148 valence electrons. The molecule has 0 aliphatic heterocycles. The van der Waals surface area contributed by atoms with E-state index in [9.17, 15) is 9.59 Å². The molecule has 0 bridgehead atoms. The number of hydrogen-bond donors (Lipinski definition) is 2. The van der Waals surface area contributed by atoms with E-state index in [1.54, 1.807) is 30.3 Å². The summed E-state index contributed by atoms with van der Waals surface area (Å²) in [5.74, 6) is -0.995. The highest BCUT2D eigenvalue weighted by Crippen LogP contribution is 2.29. The Morgan fingerprint density at radius 3 is 2.21 bits per heavy atom. The minimum atomic E-state index is -0.969. The van der Waals surface area contributed by atoms with Gasteiger partial charge in [0.15, 0.2) is 0 Å². The number of hydrogen-bond acceptors (Lipinski definition) is 4. The Kier molecular flexibility index (Phi) is 6.82. The lowest BCUT2D eigenvalue weighted by molar-refractivity contribution is -0.136. The molecule has 0 unspecified atom stereocenters. The van der Waals surface area contributed by atoms with Gasteiger partial charge < -0.3 is 9.73 Å². The third-order valence-electron chi connectivity index (χ3n) is 3.57. The van der Waals surface area contributed by atoms with Crippen LogP contribution in [0.3, 0.4) is 0 Å². The predicted octanol–water partition coefficient (Wildman–Crippen LogP) is 5.65. The van der Waals surface area contributed by atoms with E-state index in [4.69, 9.17) is 50.8 Å². The Labute approximate surface area is 185 Å². The summed E-state index contributed by atoms with van der Waals surface area (Å²) in [4.78, 5) is 23.7. The minimum absolute atomic E-state index is 0.249. The molecule has 0 saturated carbocycles. The van der Waals surface area contributed by atoms with Crippen LogP contribution >= 0.6 is 46.4 Å². The van der Waals surface area contributed by atoms with Gasteiger partial charge in [0, 0.05) is 11.3 Å². The molecular weight excluding hydrogens is 460 g/mol. The van der Waals surface area contributed by atoms with Crippen LogP contribution in [0.15, 0.2) is 58.0 Å². The zero-order valence-corrected chi connectivity index (χ0v) is 17.4. The van der Waals surface area contributed by atoms with E-state index >= 15 is 0 Å². The molecule has 2 N–H and O–H groups in total. The molecule has 0 fully saturated rings. The van der Waals surface area contributed by atoms with Crippen molar-refractivity contribution in [3.05, 3.63) is 74.4 Å². The van der Waals surface area contributed by atoms with Crippen molar-refractivity contribution in [2.75, 3.05) is 5.32 Å². The van der Waals surface area contributed by atoms with Crippen molar-refractivity contribution < 1.29 is 14.0 Å². The maximum absolute atomic E-state index is 11.9. The molecule has 2 aromatic carbocycles. The summed E-state index contributed by atoms with van der Waals surface area (Å²) < 4.78 is 5.60. The molecule has 2 amide bonds. The number of furan rings is 1. The lowest BCUT2D eigenvalue weighted by Gasteiger charge is -2.05. The van der Waals surface area contributed by atoms with E-state index < -0.39 is 11.8 Å². The zero-order valence-electron chi connectivity index (χ0n) is 14.4. The lowest BCUT2D eigenvalue weighted by Crippen LogP contribution is -2.32. The van der Waals surface area contributed by atoms with Crippen LogP contribution in [0.5, 0.6) is 0 Å². The van der Waals surface area contributed by atoms with Gasteiger partial charge in [0.1, 0.15) is 11.5 Å². The SMILES string of the molecule is O=C(N/N=C/c1ccc(-c2ccc(Cl)c(Cl)c2)o1)C(=O)Nc1ccc(Cl)c(Cl)c1. The standard InChI is InChI=1S/C19H11Cl4N3O3/c20-13-4-1-10(7-15(13)22)17-6-3-12(29-17)9-24-26-19(28)18(27)25-11-2-5-14(21)16(23)8-11/h1-9H,(H,25,27)(H,26,28)/b24-9+. The first-order valence-corrected chi connectivity index (χ1v) is 9.49. The molecule has 10 heteroatoms. The van der Waals surface area contributed by atoms with Crippen LogP contribution in [0.2, 0.25) is 20.1 Å². The summed E-state index contributed by atoms with van der Waals surface area (Å²) >= 11 is 23.5. The highest BCUT2D eigenvalue weighted by molar-refractivity contribution is 6.43. The Balaban J connectivity index is 1.58. The van der Waals surface area contributed by atoms with E-state index in [-0.39, 0.29) is 5.02 Å². The van der Waals surface area contributed by atoms with Crippen molar-refractivity contribution >= 4 is 70.1 Å². The van der Waals surface area contributed by atoms with Crippen molar-refractivity contribution in [3.8, 4) is 11.3 Å². The van der Waals surface area contributed by atoms with Gasteiger partial charge in [-0.3, -0.25) is 9.59 Å². The second-order valence-electron chi connectivity index (χ2n) is 5.61. The number of anilines is 1. The van der Waals surface area contributed by atoms with Crippen LogP contribution in [-0.2, 0) is 9.59 Å². The van der Waals surface area contributed by atoms with Gasteiger partial charge in [-0.05, 0) is 48.5 Å². The van der Waals surface area contributed by atoms with Crippen LogP contribution < -0.4 is 10.7 Å². The quantitative estimate of drug-likeness (QED) is 0.293. The third kappa shape index (κ3) is 5.52. The van der Waals surface area contributed by atoms with Crippen molar-refractivity contribution in [2.45, 2.75) is 0 Å². The summed E-state index contributed by atoms with van der Waals surface area (Å²) in [5.41, 5.74) is 3.15. The van der Waals surface area contributed by atoms with Gasteiger partial charge >= 0.3 is 11.8 Å². The van der Waals surface area contributed by atoms with E-state index in [1.165, 1.54) is 24.4 Å². The second-order valence-corrected chi connectivity index (χ2v) is 7.24. The highest BCUT2D eigenvalue weighted by Gasteiger charge is 2.13. The van der Waals surface area contributed by atoms with Crippen LogP contribution in [-0.4, -0.2) is 18.0 Å². The Morgan fingerprint density at radius 2 is 1.52 bits per heavy atom. The topological polar surface area (TPSA) is 83.7 Å². The smallest absolute Gasteiger partial charge is 0.329 e.